The molecule has 1 heterocycles. The van der Waals surface area contributed by atoms with E-state index >= 15 is 0 Å². The minimum atomic E-state index is -0.848. The number of likely N-dealkylation sites (N-methyl/N-ethyl adjacent to an activating group) is 1. The van der Waals surface area contributed by atoms with E-state index in [0.717, 1.165) is 0 Å². The first-order valence-corrected chi connectivity index (χ1v) is 3.72. The standard InChI is InChI=1S/C7H10N2O4/c1-8-4-5(10)6-2-3-7(13-6)9(11)12/h2-3,5,8,10H,4H2,1H3. The summed E-state index contributed by atoms with van der Waals surface area (Å²) in [6.45, 7) is 0.296. The zero-order valence-electron chi connectivity index (χ0n) is 7.06. The molecule has 1 atom stereocenters. The van der Waals surface area contributed by atoms with Crippen LogP contribution in [0.5, 0.6) is 0 Å². The second-order valence-electron chi connectivity index (χ2n) is 2.51. The summed E-state index contributed by atoms with van der Waals surface area (Å²) >= 11 is 0. The van der Waals surface area contributed by atoms with Crippen LogP contribution in [0.2, 0.25) is 0 Å². The Morgan fingerprint density at radius 2 is 2.46 bits per heavy atom. The molecule has 0 saturated carbocycles. The molecule has 0 bridgehead atoms. The fourth-order valence-corrected chi connectivity index (χ4v) is 0.913. The van der Waals surface area contributed by atoms with E-state index in [0.29, 0.717) is 6.54 Å². The highest BCUT2D eigenvalue weighted by Crippen LogP contribution is 2.20. The lowest BCUT2D eigenvalue weighted by atomic mass is 10.3. The van der Waals surface area contributed by atoms with E-state index < -0.39 is 11.0 Å². The summed E-state index contributed by atoms with van der Waals surface area (Å²) < 4.78 is 4.77. The smallest absolute Gasteiger partial charge is 0.403 e. The molecule has 0 saturated heterocycles. The average Bonchev–Trinajstić information content (AvgIpc) is 2.52. The molecule has 72 valence electrons. The number of aliphatic hydroxyl groups is 1. The second-order valence-corrected chi connectivity index (χ2v) is 2.51. The first-order chi connectivity index (χ1) is 6.15. The number of hydrogen-bond donors (Lipinski definition) is 2. The third-order valence-corrected chi connectivity index (χ3v) is 1.52. The first kappa shape index (κ1) is 9.69. The van der Waals surface area contributed by atoms with Gasteiger partial charge in [0, 0.05) is 6.54 Å². The molecule has 1 unspecified atom stereocenters. The lowest BCUT2D eigenvalue weighted by molar-refractivity contribution is -0.402. The van der Waals surface area contributed by atoms with Gasteiger partial charge in [0.15, 0.2) is 0 Å². The summed E-state index contributed by atoms with van der Waals surface area (Å²) in [5, 5.41) is 22.3. The Morgan fingerprint density at radius 1 is 1.77 bits per heavy atom. The molecule has 0 aliphatic heterocycles. The van der Waals surface area contributed by atoms with Crippen LogP contribution in [-0.2, 0) is 0 Å². The number of nitrogens with one attached hydrogen (secondary N) is 1. The van der Waals surface area contributed by atoms with E-state index in [2.05, 4.69) is 5.32 Å². The van der Waals surface area contributed by atoms with Crippen molar-refractivity contribution in [3.05, 3.63) is 28.0 Å². The number of nitro groups is 1. The van der Waals surface area contributed by atoms with Gasteiger partial charge >= 0.3 is 5.88 Å². The van der Waals surface area contributed by atoms with Crippen molar-refractivity contribution < 1.29 is 14.4 Å². The molecule has 1 aromatic rings. The van der Waals surface area contributed by atoms with Crippen LogP contribution < -0.4 is 5.32 Å². The SMILES string of the molecule is CNCC(O)c1ccc([N+](=O)[O-])o1. The van der Waals surface area contributed by atoms with Crippen molar-refractivity contribution in [2.24, 2.45) is 0 Å². The molecule has 0 amide bonds. The second kappa shape index (κ2) is 4.01. The summed E-state index contributed by atoms with van der Waals surface area (Å²) in [5.74, 6) is -0.161. The van der Waals surface area contributed by atoms with Gasteiger partial charge < -0.3 is 14.8 Å². The number of furan rings is 1. The van der Waals surface area contributed by atoms with E-state index in [4.69, 9.17) is 4.42 Å². The molecule has 0 radical (unpaired) electrons. The van der Waals surface area contributed by atoms with Gasteiger partial charge in [-0.25, -0.2) is 0 Å². The van der Waals surface area contributed by atoms with Crippen LogP contribution in [0.4, 0.5) is 5.88 Å². The first-order valence-electron chi connectivity index (χ1n) is 3.72. The maximum absolute atomic E-state index is 10.2. The minimum absolute atomic E-state index is 0.195. The molecule has 0 aromatic carbocycles. The molecule has 0 spiro atoms. The number of aliphatic hydroxyl groups excluding tert-OH is 1. The molecule has 0 aliphatic rings. The van der Waals surface area contributed by atoms with Crippen molar-refractivity contribution in [3.63, 3.8) is 0 Å². The predicted octanol–water partition coefficient (Wildman–Crippen LogP) is 0.441. The lowest BCUT2D eigenvalue weighted by Gasteiger charge is -2.04. The van der Waals surface area contributed by atoms with Gasteiger partial charge in [-0.05, 0) is 13.1 Å². The lowest BCUT2D eigenvalue weighted by Crippen LogP contribution is -2.16. The van der Waals surface area contributed by atoms with Crippen LogP contribution in [0.3, 0.4) is 0 Å². The third kappa shape index (κ3) is 2.27. The van der Waals surface area contributed by atoms with Crippen molar-refractivity contribution in [2.45, 2.75) is 6.10 Å². The number of rotatable bonds is 4. The van der Waals surface area contributed by atoms with E-state index in [1.54, 1.807) is 7.05 Å². The fourth-order valence-electron chi connectivity index (χ4n) is 0.913. The Kier molecular flexibility index (Phi) is 2.99. The monoisotopic (exact) mass is 186 g/mol. The Morgan fingerprint density at radius 3 is 2.92 bits per heavy atom. The highest BCUT2D eigenvalue weighted by molar-refractivity contribution is 5.19. The number of hydrogen-bond acceptors (Lipinski definition) is 5. The zero-order valence-corrected chi connectivity index (χ0v) is 7.06. The van der Waals surface area contributed by atoms with Crippen LogP contribution in [0, 0.1) is 10.1 Å². The maximum Gasteiger partial charge on any atom is 0.433 e. The molecule has 1 aromatic heterocycles. The fraction of sp³-hybridized carbons (Fsp3) is 0.429. The van der Waals surface area contributed by atoms with Crippen LogP contribution in [0.1, 0.15) is 11.9 Å². The van der Waals surface area contributed by atoms with E-state index in [1.807, 2.05) is 0 Å². The largest absolute Gasteiger partial charge is 0.433 e. The van der Waals surface area contributed by atoms with Gasteiger partial charge in [0.25, 0.3) is 0 Å². The van der Waals surface area contributed by atoms with E-state index in [9.17, 15) is 15.2 Å². The Bertz CT molecular complexity index is 296. The normalized spacial score (nSPS) is 12.8. The Balaban J connectivity index is 2.73. The quantitative estimate of drug-likeness (QED) is 0.526. The van der Waals surface area contributed by atoms with Gasteiger partial charge in [-0.1, -0.05) is 0 Å². The Hall–Kier alpha value is -1.40. The van der Waals surface area contributed by atoms with Crippen LogP contribution in [0.25, 0.3) is 0 Å². The molecule has 0 fully saturated rings. The van der Waals surface area contributed by atoms with Gasteiger partial charge in [0.1, 0.15) is 16.8 Å². The molecule has 1 rings (SSSR count). The summed E-state index contributed by atoms with van der Waals surface area (Å²) in [5.41, 5.74) is 0. The average molecular weight is 186 g/mol. The van der Waals surface area contributed by atoms with Crippen molar-refractivity contribution >= 4 is 5.88 Å². The highest BCUT2D eigenvalue weighted by Gasteiger charge is 2.16. The van der Waals surface area contributed by atoms with Crippen molar-refractivity contribution in [3.8, 4) is 0 Å². The van der Waals surface area contributed by atoms with Crippen LogP contribution in [0.15, 0.2) is 16.5 Å². The summed E-state index contributed by atoms with van der Waals surface area (Å²) in [6.07, 6.45) is -0.848. The molecule has 6 nitrogen and oxygen atoms in total. The van der Waals surface area contributed by atoms with E-state index in [-0.39, 0.29) is 11.6 Å². The summed E-state index contributed by atoms with van der Waals surface area (Å²) in [4.78, 5) is 9.57. The zero-order chi connectivity index (χ0) is 9.84. The molecular weight excluding hydrogens is 176 g/mol. The predicted molar refractivity (Wildman–Crippen MR) is 44.2 cm³/mol. The Labute approximate surface area is 74.3 Å². The summed E-state index contributed by atoms with van der Waals surface area (Å²) in [7, 11) is 1.67. The van der Waals surface area contributed by atoms with E-state index in [1.165, 1.54) is 12.1 Å². The maximum atomic E-state index is 10.2. The summed E-state index contributed by atoms with van der Waals surface area (Å²) in [6, 6.07) is 2.61. The molecule has 0 aliphatic carbocycles. The van der Waals surface area contributed by atoms with Gasteiger partial charge in [-0.15, -0.1) is 0 Å². The van der Waals surface area contributed by atoms with Crippen LogP contribution >= 0.6 is 0 Å². The molecule has 13 heavy (non-hydrogen) atoms. The van der Waals surface area contributed by atoms with Gasteiger partial charge in [-0.2, -0.15) is 0 Å². The van der Waals surface area contributed by atoms with Gasteiger partial charge in [0.2, 0.25) is 0 Å². The third-order valence-electron chi connectivity index (χ3n) is 1.52. The van der Waals surface area contributed by atoms with Crippen LogP contribution in [-0.4, -0.2) is 23.6 Å². The van der Waals surface area contributed by atoms with Crippen molar-refractivity contribution in [2.75, 3.05) is 13.6 Å². The molecular formula is C7H10N2O4. The van der Waals surface area contributed by atoms with Gasteiger partial charge in [-0.3, -0.25) is 10.1 Å². The van der Waals surface area contributed by atoms with Crippen molar-refractivity contribution in [1.29, 1.82) is 0 Å². The van der Waals surface area contributed by atoms with Gasteiger partial charge in [0.05, 0.1) is 6.07 Å². The number of nitrogens with zero attached hydrogens (tertiary/aromatic N) is 1. The van der Waals surface area contributed by atoms with Crippen molar-refractivity contribution in [1.82, 2.24) is 5.32 Å². The molecule has 2 N–H and O–H groups in total. The highest BCUT2D eigenvalue weighted by atomic mass is 16.6. The molecule has 6 heteroatoms. The topological polar surface area (TPSA) is 88.5 Å². The minimum Gasteiger partial charge on any atom is -0.403 e.